The van der Waals surface area contributed by atoms with Gasteiger partial charge in [0.05, 0.1) is 17.8 Å². The third-order valence-electron chi connectivity index (χ3n) is 6.18. The van der Waals surface area contributed by atoms with Crippen molar-refractivity contribution in [3.05, 3.63) is 52.8 Å². The van der Waals surface area contributed by atoms with Gasteiger partial charge in [0.1, 0.15) is 0 Å². The molecule has 0 saturated carbocycles. The fraction of sp³-hybridized carbons (Fsp3) is 0.524. The number of benzene rings is 1. The second kappa shape index (κ2) is 7.22. The first-order valence-corrected chi connectivity index (χ1v) is 9.66. The van der Waals surface area contributed by atoms with E-state index in [4.69, 9.17) is 5.26 Å². The molecule has 136 valence electrons. The molecule has 26 heavy (non-hydrogen) atoms. The van der Waals surface area contributed by atoms with Crippen molar-refractivity contribution in [2.24, 2.45) is 7.05 Å². The minimum atomic E-state index is 0.353. The summed E-state index contributed by atoms with van der Waals surface area (Å²) in [5.41, 5.74) is 4.86. The van der Waals surface area contributed by atoms with Crippen LogP contribution in [0.4, 0.5) is 0 Å². The molecule has 0 bridgehead atoms. The fourth-order valence-electron chi connectivity index (χ4n) is 4.58. The summed E-state index contributed by atoms with van der Waals surface area (Å²) >= 11 is 0. The number of aromatic nitrogens is 2. The minimum absolute atomic E-state index is 0.353. The summed E-state index contributed by atoms with van der Waals surface area (Å²) in [5.74, 6) is 0. The van der Waals surface area contributed by atoms with Crippen LogP contribution >= 0.6 is 0 Å². The molecule has 2 aromatic rings. The third-order valence-corrected chi connectivity index (χ3v) is 6.18. The summed E-state index contributed by atoms with van der Waals surface area (Å²) in [4.78, 5) is 5.19. The molecule has 5 nitrogen and oxygen atoms in total. The summed E-state index contributed by atoms with van der Waals surface area (Å²) in [7, 11) is 2.07. The smallest absolute Gasteiger partial charge is 0.0991 e. The van der Waals surface area contributed by atoms with Gasteiger partial charge in [-0.05, 0) is 43.9 Å². The van der Waals surface area contributed by atoms with Crippen LogP contribution in [0.25, 0.3) is 0 Å². The van der Waals surface area contributed by atoms with Crippen molar-refractivity contribution < 1.29 is 0 Å². The first kappa shape index (κ1) is 17.3. The van der Waals surface area contributed by atoms with E-state index in [0.29, 0.717) is 12.1 Å². The van der Waals surface area contributed by atoms with Gasteiger partial charge in [-0.25, -0.2) is 0 Å². The Morgan fingerprint density at radius 2 is 2.04 bits per heavy atom. The lowest BCUT2D eigenvalue weighted by Gasteiger charge is -2.42. The van der Waals surface area contributed by atoms with Gasteiger partial charge in [-0.3, -0.25) is 14.5 Å². The second-order valence-electron chi connectivity index (χ2n) is 7.56. The van der Waals surface area contributed by atoms with Gasteiger partial charge in [-0.2, -0.15) is 10.4 Å². The molecule has 0 N–H and O–H groups in total. The second-order valence-corrected chi connectivity index (χ2v) is 7.56. The number of nitriles is 1. The third kappa shape index (κ3) is 3.15. The lowest BCUT2D eigenvalue weighted by molar-refractivity contribution is 0.0670. The highest BCUT2D eigenvalue weighted by Gasteiger charge is 2.31. The monoisotopic (exact) mass is 349 g/mol. The molecule has 2 atom stereocenters. The Bertz CT molecular complexity index is 810. The Morgan fingerprint density at radius 3 is 2.81 bits per heavy atom. The molecule has 1 saturated heterocycles. The van der Waals surface area contributed by atoms with E-state index in [1.54, 1.807) is 0 Å². The zero-order valence-corrected chi connectivity index (χ0v) is 15.7. The van der Waals surface area contributed by atoms with Gasteiger partial charge in [0.2, 0.25) is 0 Å². The molecule has 1 aromatic heterocycles. The molecule has 2 heterocycles. The molecule has 0 radical (unpaired) electrons. The summed E-state index contributed by atoms with van der Waals surface area (Å²) < 4.78 is 2.06. The van der Waals surface area contributed by atoms with E-state index >= 15 is 0 Å². The molecule has 0 unspecified atom stereocenters. The van der Waals surface area contributed by atoms with Crippen molar-refractivity contribution in [1.82, 2.24) is 19.6 Å². The largest absolute Gasteiger partial charge is 0.294 e. The Balaban J connectivity index is 1.42. The predicted octanol–water partition coefficient (Wildman–Crippen LogP) is 3.05. The van der Waals surface area contributed by atoms with Crippen molar-refractivity contribution in [3.63, 3.8) is 0 Å². The highest BCUT2D eigenvalue weighted by molar-refractivity contribution is 5.34. The topological polar surface area (TPSA) is 48.1 Å². The van der Waals surface area contributed by atoms with E-state index in [2.05, 4.69) is 51.9 Å². The number of piperazine rings is 1. The predicted molar refractivity (Wildman–Crippen MR) is 102 cm³/mol. The maximum atomic E-state index is 9.14. The lowest BCUT2D eigenvalue weighted by atomic mass is 9.91. The number of hydrogen-bond donors (Lipinski definition) is 0. The number of nitrogens with zero attached hydrogens (tertiary/aromatic N) is 5. The van der Waals surface area contributed by atoms with Crippen LogP contribution in [0, 0.1) is 11.3 Å². The average Bonchev–Trinajstić information content (AvgIpc) is 3.09. The van der Waals surface area contributed by atoms with Gasteiger partial charge < -0.3 is 0 Å². The number of fused-ring (bicyclic) bond motifs is 1. The van der Waals surface area contributed by atoms with Gasteiger partial charge >= 0.3 is 0 Å². The van der Waals surface area contributed by atoms with Crippen LogP contribution in [0.2, 0.25) is 0 Å². The quantitative estimate of drug-likeness (QED) is 0.854. The van der Waals surface area contributed by atoms with Crippen LogP contribution in [-0.4, -0.2) is 45.8 Å². The minimum Gasteiger partial charge on any atom is -0.294 e. The van der Waals surface area contributed by atoms with Gasteiger partial charge in [0.15, 0.2) is 0 Å². The number of aryl methyl sites for hydroxylation is 1. The van der Waals surface area contributed by atoms with Crippen molar-refractivity contribution in [2.45, 2.75) is 38.3 Å². The van der Waals surface area contributed by atoms with E-state index in [0.717, 1.165) is 38.2 Å². The normalized spacial score (nSPS) is 22.6. The zero-order valence-electron chi connectivity index (χ0n) is 15.7. The van der Waals surface area contributed by atoms with Crippen LogP contribution < -0.4 is 0 Å². The maximum Gasteiger partial charge on any atom is 0.0991 e. The highest BCUT2D eigenvalue weighted by atomic mass is 15.3. The molecule has 0 amide bonds. The van der Waals surface area contributed by atoms with Gasteiger partial charge in [-0.15, -0.1) is 0 Å². The molecule has 0 spiro atoms. The van der Waals surface area contributed by atoms with Crippen LogP contribution in [-0.2, 0) is 13.5 Å². The van der Waals surface area contributed by atoms with Crippen molar-refractivity contribution >= 4 is 0 Å². The molecule has 1 fully saturated rings. The van der Waals surface area contributed by atoms with E-state index < -0.39 is 0 Å². The van der Waals surface area contributed by atoms with Gasteiger partial charge in [0.25, 0.3) is 0 Å². The van der Waals surface area contributed by atoms with Gasteiger partial charge in [-0.1, -0.05) is 12.1 Å². The van der Waals surface area contributed by atoms with Crippen molar-refractivity contribution in [1.29, 1.82) is 5.26 Å². The Hall–Kier alpha value is -2.16. The fourth-order valence-corrected chi connectivity index (χ4v) is 4.58. The van der Waals surface area contributed by atoms with Crippen molar-refractivity contribution in [3.8, 4) is 6.07 Å². The first-order chi connectivity index (χ1) is 12.7. The number of rotatable bonds is 3. The molecule has 1 aliphatic heterocycles. The van der Waals surface area contributed by atoms with Crippen LogP contribution in [0.15, 0.2) is 30.5 Å². The standard InChI is InChI=1S/C21H27N5/c1-16(18-6-3-5-17(13-18)14-22)25-9-11-26(12-10-25)21-8-4-7-20-19(21)15-23-24(20)2/h3,5-6,13,15-16,21H,4,7-12H2,1-2H3/t16-,21+/m0/s1. The summed E-state index contributed by atoms with van der Waals surface area (Å²) in [5, 5.41) is 13.6. The molecule has 4 rings (SSSR count). The van der Waals surface area contributed by atoms with Crippen LogP contribution in [0.5, 0.6) is 0 Å². The van der Waals surface area contributed by atoms with Crippen LogP contribution in [0.3, 0.4) is 0 Å². The molecule has 1 aromatic carbocycles. The van der Waals surface area contributed by atoms with E-state index in [9.17, 15) is 0 Å². The Labute approximate surface area is 155 Å². The van der Waals surface area contributed by atoms with E-state index in [1.807, 2.05) is 18.2 Å². The first-order valence-electron chi connectivity index (χ1n) is 9.66. The average molecular weight is 349 g/mol. The molecule has 1 aliphatic carbocycles. The molecule has 2 aliphatic rings. The zero-order chi connectivity index (χ0) is 18.1. The lowest BCUT2D eigenvalue weighted by Crippen LogP contribution is -2.48. The molecule has 5 heteroatoms. The maximum absolute atomic E-state index is 9.14. The van der Waals surface area contributed by atoms with Crippen LogP contribution in [0.1, 0.15) is 54.2 Å². The van der Waals surface area contributed by atoms with E-state index in [-0.39, 0.29) is 0 Å². The summed E-state index contributed by atoms with van der Waals surface area (Å²) in [6.07, 6.45) is 5.75. The molecular weight excluding hydrogens is 322 g/mol. The Morgan fingerprint density at radius 1 is 1.23 bits per heavy atom. The Kier molecular flexibility index (Phi) is 4.80. The van der Waals surface area contributed by atoms with Crippen molar-refractivity contribution in [2.75, 3.05) is 26.2 Å². The molecular formula is C21H27N5. The highest BCUT2D eigenvalue weighted by Crippen LogP contribution is 2.35. The SMILES string of the molecule is C[C@@H](c1cccc(C#N)c1)N1CCN([C@@H]2CCCc3c2cnn3C)CC1. The van der Waals surface area contributed by atoms with Gasteiger partial charge in [0, 0.05) is 56.6 Å². The number of hydrogen-bond acceptors (Lipinski definition) is 4. The summed E-state index contributed by atoms with van der Waals surface area (Å²) in [6.45, 7) is 6.60. The summed E-state index contributed by atoms with van der Waals surface area (Å²) in [6, 6.07) is 11.2. The van der Waals surface area contributed by atoms with E-state index in [1.165, 1.54) is 29.7 Å².